The van der Waals surface area contributed by atoms with Gasteiger partial charge in [0.05, 0.1) is 59.9 Å². The van der Waals surface area contributed by atoms with Gasteiger partial charge in [0.1, 0.15) is 34.2 Å². The zero-order valence-electron chi connectivity index (χ0n) is 80.0. The van der Waals surface area contributed by atoms with Crippen LogP contribution < -0.4 is 44.8 Å². The molecule has 9 aromatic heterocycles. The van der Waals surface area contributed by atoms with Gasteiger partial charge in [0, 0.05) is 135 Å². The second kappa shape index (κ2) is 70.5. The Balaban J connectivity index is 0.000000410. The number of ether oxygens (including phenoxy) is 1. The molecule has 0 saturated carbocycles. The summed E-state index contributed by atoms with van der Waals surface area (Å²) in [5.41, 5.74) is 22.3. The number of likely N-dealkylation sites (N-methyl/N-ethyl adjacent to an activating group) is 2. The van der Waals surface area contributed by atoms with Gasteiger partial charge in [-0.1, -0.05) is 195 Å². The van der Waals surface area contributed by atoms with Gasteiger partial charge >= 0.3 is 23.5 Å². The maximum atomic E-state index is 13.2. The van der Waals surface area contributed by atoms with Gasteiger partial charge in [-0.25, -0.2) is 49.5 Å². The number of carbonyl (C=O) groups is 5. The number of carbonyl (C=O) groups excluding carboxylic acids is 3. The van der Waals surface area contributed by atoms with Crippen molar-refractivity contribution in [2.75, 3.05) is 73.3 Å². The molecule has 14 aromatic rings. The molecule has 0 radical (unpaired) electrons. The highest BCUT2D eigenvalue weighted by atomic mass is 80.9. The lowest BCUT2D eigenvalue weighted by atomic mass is 10.1. The van der Waals surface area contributed by atoms with Gasteiger partial charge in [0.25, 0.3) is 27.9 Å². The number of rotatable bonds is 28. The SMILES string of the molecule is BrBr.CC(=O)O.CCC(Br)c1nc2ncccc2c(=O)n1Cc1ccccc1.CCC(NCCN(C)C)c1nc2ncccc2c(=O)n1Cc1ccccc1.CCCC(=O)OC(=O)CCC.CCCc1nc2ncccc2c(=O)n1Cc1ccccc1.CCCc1nc2ncccc2c(=O)o1.CN(C)CCN.NCc1ccccc1.Nc1ncccc1C(=O)O.O=C(Cl)c1ccc(Br)cc1.OCCO. The molecule has 2 atom stereocenters. The van der Waals surface area contributed by atoms with Crippen LogP contribution in [-0.2, 0) is 58.1 Å². The van der Waals surface area contributed by atoms with E-state index in [2.05, 4.69) is 141 Å². The molecular formula is C101H125Br4ClN18O15. The first-order valence-electron chi connectivity index (χ1n) is 44.6. The number of fused-ring (bicyclic) bond motifs is 4. The Morgan fingerprint density at radius 2 is 0.878 bits per heavy atom. The maximum absolute atomic E-state index is 13.2. The van der Waals surface area contributed by atoms with Crippen molar-refractivity contribution in [1.29, 1.82) is 0 Å². The highest BCUT2D eigenvalue weighted by molar-refractivity contribution is 9.93. The summed E-state index contributed by atoms with van der Waals surface area (Å²) in [6.45, 7) is 18.5. The Labute approximate surface area is 846 Å². The number of nitrogens with two attached hydrogens (primary N) is 3. The quantitative estimate of drug-likeness (QED) is 0.00977. The number of aliphatic carboxylic acids is 1. The molecule has 139 heavy (non-hydrogen) atoms. The molecule has 0 saturated heterocycles. The van der Waals surface area contributed by atoms with Crippen LogP contribution in [0.25, 0.3) is 44.1 Å². The Hall–Kier alpha value is -12.1. The number of benzene rings is 5. The number of alkyl halides is 1. The first-order chi connectivity index (χ1) is 66.9. The normalized spacial score (nSPS) is 10.6. The Kier molecular flexibility index (Phi) is 61.4. The minimum absolute atomic E-state index is 0.00670. The Morgan fingerprint density at radius 1 is 0.489 bits per heavy atom. The number of aromatic carboxylic acids is 1. The van der Waals surface area contributed by atoms with Crippen LogP contribution in [0.2, 0.25) is 0 Å². The van der Waals surface area contributed by atoms with Crippen LogP contribution in [0, 0.1) is 0 Å². The van der Waals surface area contributed by atoms with Crippen molar-refractivity contribution in [3.8, 4) is 0 Å². The van der Waals surface area contributed by atoms with Crippen LogP contribution in [0.3, 0.4) is 0 Å². The van der Waals surface area contributed by atoms with Crippen molar-refractivity contribution < 1.29 is 53.6 Å². The van der Waals surface area contributed by atoms with Crippen molar-refractivity contribution >= 4 is 151 Å². The van der Waals surface area contributed by atoms with E-state index in [1.807, 2.05) is 170 Å². The van der Waals surface area contributed by atoms with Crippen LogP contribution in [-0.4, -0.2) is 185 Å². The maximum Gasteiger partial charge on any atom is 0.348 e. The monoisotopic (exact) mass is 2180 g/mol. The summed E-state index contributed by atoms with van der Waals surface area (Å²) >= 11 is 17.6. The summed E-state index contributed by atoms with van der Waals surface area (Å²) in [4.78, 5) is 144. The first kappa shape index (κ1) is 121. The van der Waals surface area contributed by atoms with Gasteiger partial charge in [-0.2, -0.15) is 4.98 Å². The number of anilines is 1. The summed E-state index contributed by atoms with van der Waals surface area (Å²) in [7, 11) is 8.11. The first-order valence-corrected chi connectivity index (χ1v) is 50.4. The van der Waals surface area contributed by atoms with Gasteiger partial charge in [0.15, 0.2) is 22.6 Å². The molecule has 0 bridgehead atoms. The number of nitrogen functional groups attached to an aromatic ring is 1. The van der Waals surface area contributed by atoms with Crippen molar-refractivity contribution in [2.24, 2.45) is 11.5 Å². The Bertz CT molecular complexity index is 6180. The third kappa shape index (κ3) is 46.0. The molecule has 0 aliphatic heterocycles. The fourth-order valence-corrected chi connectivity index (χ4v) is 12.7. The number of hydrogen-bond donors (Lipinski definition) is 8. The number of pyridine rings is 5. The van der Waals surface area contributed by atoms with Crippen molar-refractivity contribution in [2.45, 2.75) is 150 Å². The fourth-order valence-electron chi connectivity index (χ4n) is 11.9. The predicted octanol–water partition coefficient (Wildman–Crippen LogP) is 16.7. The van der Waals surface area contributed by atoms with E-state index in [4.69, 9.17) is 63.4 Å². The largest absolute Gasteiger partial charge is 0.481 e. The van der Waals surface area contributed by atoms with E-state index < -0.39 is 29.1 Å². The molecule has 0 aliphatic rings. The zero-order chi connectivity index (χ0) is 103. The number of hydrogen-bond acceptors (Lipinski definition) is 28. The summed E-state index contributed by atoms with van der Waals surface area (Å²) in [5, 5.41) is 36.4. The van der Waals surface area contributed by atoms with E-state index in [0.29, 0.717) is 101 Å². The van der Waals surface area contributed by atoms with Gasteiger partial charge in [-0.05, 0) is 185 Å². The number of esters is 2. The molecule has 9 heterocycles. The predicted molar refractivity (Wildman–Crippen MR) is 564 cm³/mol. The average molecular weight is 2190 g/mol. The van der Waals surface area contributed by atoms with Gasteiger partial charge < -0.3 is 61.9 Å². The highest BCUT2D eigenvalue weighted by Gasteiger charge is 2.22. The molecule has 14 rings (SSSR count). The molecule has 5 aromatic carbocycles. The van der Waals surface area contributed by atoms with Crippen LogP contribution >= 0.6 is 71.7 Å². The summed E-state index contributed by atoms with van der Waals surface area (Å²) < 4.78 is 15.7. The topological polar surface area (TPSA) is 484 Å². The van der Waals surface area contributed by atoms with Crippen molar-refractivity contribution in [3.05, 3.63) is 340 Å². The van der Waals surface area contributed by atoms with Crippen LogP contribution in [0.5, 0.6) is 0 Å². The van der Waals surface area contributed by atoms with Gasteiger partial charge in [0.2, 0.25) is 5.89 Å². The molecule has 11 N–H and O–H groups in total. The average Bonchev–Trinajstić information content (AvgIpc) is 0.784. The van der Waals surface area contributed by atoms with Crippen LogP contribution in [0.1, 0.15) is 177 Å². The third-order valence-corrected chi connectivity index (χ3v) is 20.4. The third-order valence-electron chi connectivity index (χ3n) is 18.6. The van der Waals surface area contributed by atoms with Gasteiger partial charge in [-0.15, -0.1) is 0 Å². The second-order valence-electron chi connectivity index (χ2n) is 30.2. The fraction of sp³-hybridized carbons (Fsp3) is 0.327. The summed E-state index contributed by atoms with van der Waals surface area (Å²) in [6, 6.07) is 63.8. The molecule has 0 spiro atoms. The number of aliphatic hydroxyl groups excluding tert-OH is 2. The molecule has 744 valence electrons. The number of carboxylic acid groups (broad SMARTS) is 2. The van der Waals surface area contributed by atoms with Crippen LogP contribution in [0.4, 0.5) is 5.82 Å². The number of carboxylic acids is 2. The summed E-state index contributed by atoms with van der Waals surface area (Å²) in [6.07, 6.45) is 15.1. The number of nitrogens with one attached hydrogen (secondary N) is 1. The van der Waals surface area contributed by atoms with Crippen LogP contribution in [0.15, 0.2) is 265 Å². The lowest BCUT2D eigenvalue weighted by Gasteiger charge is -2.22. The van der Waals surface area contributed by atoms with Gasteiger partial charge in [-0.3, -0.25) is 47.3 Å². The van der Waals surface area contributed by atoms with Crippen molar-refractivity contribution in [1.82, 2.24) is 73.7 Å². The number of nitrogens with zero attached hydrogens (tertiary/aromatic N) is 14. The second-order valence-corrected chi connectivity index (χ2v) is 32.6. The molecule has 2 unspecified atom stereocenters. The number of halogens is 5. The lowest BCUT2D eigenvalue weighted by Crippen LogP contribution is -2.35. The van der Waals surface area contributed by atoms with E-state index in [1.54, 1.807) is 111 Å². The minimum Gasteiger partial charge on any atom is -0.481 e. The zero-order valence-corrected chi connectivity index (χ0v) is 87.1. The van der Waals surface area contributed by atoms with E-state index in [0.717, 1.165) is 117 Å². The summed E-state index contributed by atoms with van der Waals surface area (Å²) in [5.74, 6) is 0.0811. The lowest BCUT2D eigenvalue weighted by molar-refractivity contribution is -0.159. The highest BCUT2D eigenvalue weighted by Crippen LogP contribution is 2.26. The molecule has 0 aliphatic carbocycles. The molecule has 38 heteroatoms. The van der Waals surface area contributed by atoms with Crippen molar-refractivity contribution in [3.63, 3.8) is 0 Å². The number of aromatic nitrogens is 12. The van der Waals surface area contributed by atoms with E-state index in [-0.39, 0.29) is 57.8 Å². The standard InChI is InChI=1S/C21H27N5O.C17H16BrN3O.C17H17N3O.C10H10N2O2.C8H14O3.C7H4BrClO.C7H9N.C6H6N2O2.C4H12N2.C2H4O2.C2H6O2.Br2/c1-4-18(22-13-14-25(2)3)20-24-19-17(11-8-12-23-19)21(27)26(20)15-16-9-6-5-7-10-16;1-2-14(18)16-20-15-13(9-6-10-19-15)17(22)21(16)11-12-7-4-3-5-8-12;1-2-7-15-19-16-14(10-6-11-18-16)17(21)20(15)12-13-8-4-3-5-9-13;1-2-4-8-12-9-7(10(13)14-8)5-3-6-11-9;1-3-5-7(9)11-8(10)6-4-2;8-6-3-1-5(2-4-6)7(9)10;8-6-7-4-2-1-3-5-7;7-5-4(6(9)10)2-1-3-8-5;1-6(2)4-3-5;1-2(3)4;3-1-2-4;1-2/h5-12,18,22H,4,13-15H2,1-3H3;3-10,14H,2,11H2,1H3;3-6,8-11H,2,7,12H2,1H3;3,5-6H,2,4H2,1H3;3-6H2,1-2H3;1-4H;1-5H,6,8H2;1-3H,(H2,7,8)(H,9,10);3-5H2,1-2H3;1H3,(H,3,4);3-4H,1-2H2;. The number of aliphatic hydroxyl groups is 2. The van der Waals surface area contributed by atoms with E-state index >= 15 is 0 Å². The minimum atomic E-state index is -1.05. The Morgan fingerprint density at radius 3 is 1.24 bits per heavy atom. The molecular weight excluding hydrogens is 2060 g/mol. The van der Waals surface area contributed by atoms with E-state index in [1.165, 1.54) is 23.9 Å². The smallest absolute Gasteiger partial charge is 0.348 e. The van der Waals surface area contributed by atoms with E-state index in [9.17, 15) is 38.4 Å². The molecule has 33 nitrogen and oxygen atoms in total. The molecule has 0 amide bonds. The number of aryl methyl sites for hydroxylation is 2. The molecule has 0 fully saturated rings.